The van der Waals surface area contributed by atoms with E-state index in [1.807, 2.05) is 39.0 Å². The highest BCUT2D eigenvalue weighted by atomic mass is 127. The third kappa shape index (κ3) is 2.98. The van der Waals surface area contributed by atoms with E-state index in [0.29, 0.717) is 5.56 Å². The monoisotopic (exact) mass is 347 g/mol. The number of hydrogen-bond acceptors (Lipinski definition) is 2. The molecular weight excluding hydrogens is 329 g/mol. The first kappa shape index (κ1) is 14.4. The third-order valence-electron chi connectivity index (χ3n) is 3.02. The fourth-order valence-electron chi connectivity index (χ4n) is 1.37. The van der Waals surface area contributed by atoms with Crippen LogP contribution in [0.4, 0.5) is 0 Å². The number of likely N-dealkylation sites (N-methyl/N-ethyl adjacent to an activating group) is 1. The van der Waals surface area contributed by atoms with Crippen LogP contribution in [0.15, 0.2) is 18.2 Å². The van der Waals surface area contributed by atoms with E-state index in [1.165, 1.54) is 0 Å². The van der Waals surface area contributed by atoms with E-state index >= 15 is 0 Å². The zero-order valence-corrected chi connectivity index (χ0v) is 12.8. The van der Waals surface area contributed by atoms with Crippen molar-refractivity contribution < 1.29 is 9.90 Å². The predicted octanol–water partition coefficient (Wildman–Crippen LogP) is 2.44. The van der Waals surface area contributed by atoms with Crippen molar-refractivity contribution in [1.29, 1.82) is 0 Å². The normalized spacial score (nSPS) is 11.4. The Morgan fingerprint density at radius 3 is 2.59 bits per heavy atom. The summed E-state index contributed by atoms with van der Waals surface area (Å²) in [6.45, 7) is 5.61. The number of rotatable bonds is 3. The summed E-state index contributed by atoms with van der Waals surface area (Å²) in [6, 6.07) is 5.68. The molecular formula is C13H18INO2. The maximum Gasteiger partial charge on any atom is 0.255 e. The smallest absolute Gasteiger partial charge is 0.255 e. The second kappa shape index (κ2) is 5.35. The summed E-state index contributed by atoms with van der Waals surface area (Å²) in [7, 11) is 1.72. The van der Waals surface area contributed by atoms with Crippen LogP contribution in [0.3, 0.4) is 0 Å². The Hall–Kier alpha value is -0.620. The number of aryl methyl sites for hydroxylation is 1. The van der Waals surface area contributed by atoms with Gasteiger partial charge in [0.1, 0.15) is 0 Å². The lowest BCUT2D eigenvalue weighted by molar-refractivity contribution is 0.0472. The first-order valence-electron chi connectivity index (χ1n) is 5.45. The molecule has 0 aliphatic heterocycles. The number of hydrogen-bond donors (Lipinski definition) is 1. The van der Waals surface area contributed by atoms with Crippen LogP contribution < -0.4 is 0 Å². The molecule has 1 N–H and O–H groups in total. The van der Waals surface area contributed by atoms with Crippen LogP contribution >= 0.6 is 22.6 Å². The molecule has 0 saturated heterocycles. The molecule has 94 valence electrons. The number of benzene rings is 1. The van der Waals surface area contributed by atoms with Crippen molar-refractivity contribution >= 4 is 28.5 Å². The Bertz CT molecular complexity index is 429. The molecule has 0 spiro atoms. The molecule has 0 saturated carbocycles. The molecule has 3 nitrogen and oxygen atoms in total. The highest BCUT2D eigenvalue weighted by molar-refractivity contribution is 14.1. The van der Waals surface area contributed by atoms with Crippen molar-refractivity contribution in [2.75, 3.05) is 13.7 Å². The van der Waals surface area contributed by atoms with Crippen LogP contribution in [-0.2, 0) is 0 Å². The number of amides is 1. The van der Waals surface area contributed by atoms with E-state index in [2.05, 4.69) is 22.6 Å². The quantitative estimate of drug-likeness (QED) is 0.854. The van der Waals surface area contributed by atoms with Crippen LogP contribution in [0.25, 0.3) is 0 Å². The minimum atomic E-state index is -0.552. The average molecular weight is 347 g/mol. The molecule has 0 unspecified atom stereocenters. The first-order chi connectivity index (χ1) is 7.81. The van der Waals surface area contributed by atoms with Gasteiger partial charge in [-0.05, 0) is 55.0 Å². The van der Waals surface area contributed by atoms with E-state index < -0.39 is 5.54 Å². The lowest BCUT2D eigenvalue weighted by atomic mass is 10.0. The summed E-state index contributed by atoms with van der Waals surface area (Å²) < 4.78 is 0.968. The van der Waals surface area contributed by atoms with Crippen molar-refractivity contribution in [3.05, 3.63) is 32.9 Å². The molecule has 0 bridgehead atoms. The first-order valence-corrected chi connectivity index (χ1v) is 6.53. The van der Waals surface area contributed by atoms with E-state index in [9.17, 15) is 9.90 Å². The number of carbonyl (C=O) groups excluding carboxylic acids is 1. The summed E-state index contributed by atoms with van der Waals surface area (Å²) >= 11 is 2.18. The van der Waals surface area contributed by atoms with E-state index in [-0.39, 0.29) is 12.5 Å². The molecule has 1 amide bonds. The minimum absolute atomic E-state index is 0.0579. The van der Waals surface area contributed by atoms with Gasteiger partial charge >= 0.3 is 0 Å². The van der Waals surface area contributed by atoms with Gasteiger partial charge in [-0.2, -0.15) is 0 Å². The largest absolute Gasteiger partial charge is 0.394 e. The molecule has 0 aliphatic carbocycles. The van der Waals surface area contributed by atoms with Gasteiger partial charge in [0.25, 0.3) is 5.91 Å². The SMILES string of the molecule is Cc1cccc(C(=O)N(C)C(C)(C)CO)c1I. The summed E-state index contributed by atoms with van der Waals surface area (Å²) in [6.07, 6.45) is 0. The van der Waals surface area contributed by atoms with Crippen molar-refractivity contribution in [3.8, 4) is 0 Å². The Morgan fingerprint density at radius 1 is 1.47 bits per heavy atom. The van der Waals surface area contributed by atoms with Gasteiger partial charge in [-0.25, -0.2) is 0 Å². The van der Waals surface area contributed by atoms with Gasteiger partial charge in [-0.3, -0.25) is 4.79 Å². The minimum Gasteiger partial charge on any atom is -0.394 e. The Labute approximate surface area is 116 Å². The fraction of sp³-hybridized carbons (Fsp3) is 0.462. The topological polar surface area (TPSA) is 40.5 Å². The van der Waals surface area contributed by atoms with Crippen molar-refractivity contribution in [2.45, 2.75) is 26.3 Å². The average Bonchev–Trinajstić information content (AvgIpc) is 2.30. The zero-order valence-electron chi connectivity index (χ0n) is 10.6. The van der Waals surface area contributed by atoms with Crippen LogP contribution in [0.2, 0.25) is 0 Å². The molecule has 1 aromatic rings. The number of carbonyl (C=O) groups is 1. The zero-order chi connectivity index (χ0) is 13.2. The van der Waals surface area contributed by atoms with Crippen molar-refractivity contribution in [1.82, 2.24) is 4.90 Å². The van der Waals surface area contributed by atoms with Crippen LogP contribution in [0.1, 0.15) is 29.8 Å². The number of nitrogens with zero attached hydrogens (tertiary/aromatic N) is 1. The van der Waals surface area contributed by atoms with E-state index in [4.69, 9.17) is 0 Å². The molecule has 1 rings (SSSR count). The molecule has 0 atom stereocenters. The van der Waals surface area contributed by atoms with Gasteiger partial charge in [-0.1, -0.05) is 12.1 Å². The van der Waals surface area contributed by atoms with Crippen LogP contribution in [0.5, 0.6) is 0 Å². The highest BCUT2D eigenvalue weighted by Gasteiger charge is 2.28. The third-order valence-corrected chi connectivity index (χ3v) is 4.45. The maximum absolute atomic E-state index is 12.3. The molecule has 0 radical (unpaired) electrons. The van der Waals surface area contributed by atoms with E-state index in [1.54, 1.807) is 11.9 Å². The van der Waals surface area contributed by atoms with Gasteiger partial charge in [-0.15, -0.1) is 0 Å². The molecule has 0 aliphatic rings. The van der Waals surface area contributed by atoms with E-state index in [0.717, 1.165) is 9.13 Å². The molecule has 0 fully saturated rings. The highest BCUT2D eigenvalue weighted by Crippen LogP contribution is 2.21. The van der Waals surface area contributed by atoms with Gasteiger partial charge in [0.05, 0.1) is 17.7 Å². The Balaban J connectivity index is 3.09. The summed E-state index contributed by atoms with van der Waals surface area (Å²) in [4.78, 5) is 13.9. The lowest BCUT2D eigenvalue weighted by Crippen LogP contribution is -2.47. The van der Waals surface area contributed by atoms with Crippen LogP contribution in [0, 0.1) is 10.5 Å². The van der Waals surface area contributed by atoms with Gasteiger partial charge < -0.3 is 10.0 Å². The summed E-state index contributed by atoms with van der Waals surface area (Å²) in [5.74, 6) is -0.0582. The Kier molecular flexibility index (Phi) is 4.55. The van der Waals surface area contributed by atoms with Crippen LogP contribution in [-0.4, -0.2) is 35.1 Å². The van der Waals surface area contributed by atoms with Gasteiger partial charge in [0.2, 0.25) is 0 Å². The predicted molar refractivity (Wildman–Crippen MR) is 77.2 cm³/mol. The second-order valence-electron chi connectivity index (χ2n) is 4.77. The second-order valence-corrected chi connectivity index (χ2v) is 5.85. The fourth-order valence-corrected chi connectivity index (χ4v) is 1.96. The summed E-state index contributed by atoms with van der Waals surface area (Å²) in [5.41, 5.74) is 1.23. The standard InChI is InChI=1S/C13H18INO2/c1-9-6-5-7-10(11(9)14)12(17)15(4)13(2,3)8-16/h5-7,16H,8H2,1-4H3. The maximum atomic E-state index is 12.3. The molecule has 4 heteroatoms. The summed E-state index contributed by atoms with van der Waals surface area (Å²) in [5, 5.41) is 9.29. The van der Waals surface area contributed by atoms with Gasteiger partial charge in [0, 0.05) is 10.6 Å². The number of aliphatic hydroxyl groups excluding tert-OH is 1. The Morgan fingerprint density at radius 2 is 2.06 bits per heavy atom. The molecule has 17 heavy (non-hydrogen) atoms. The van der Waals surface area contributed by atoms with Crippen molar-refractivity contribution in [3.63, 3.8) is 0 Å². The lowest BCUT2D eigenvalue weighted by Gasteiger charge is -2.34. The number of halogens is 1. The molecule has 1 aromatic carbocycles. The van der Waals surface area contributed by atoms with Gasteiger partial charge in [0.15, 0.2) is 0 Å². The number of aliphatic hydroxyl groups is 1. The van der Waals surface area contributed by atoms with Crippen molar-refractivity contribution in [2.24, 2.45) is 0 Å². The molecule has 0 heterocycles. The molecule has 0 aromatic heterocycles.